The predicted octanol–water partition coefficient (Wildman–Crippen LogP) is 3.45. The molecule has 0 aromatic heterocycles. The number of benzene rings is 2. The molecule has 1 aliphatic rings. The van der Waals surface area contributed by atoms with E-state index < -0.39 is 16.9 Å². The van der Waals surface area contributed by atoms with Gasteiger partial charge in [-0.1, -0.05) is 12.1 Å². The van der Waals surface area contributed by atoms with E-state index in [4.69, 9.17) is 9.47 Å². The van der Waals surface area contributed by atoms with Crippen molar-refractivity contribution < 1.29 is 24.0 Å². The van der Waals surface area contributed by atoms with Crippen molar-refractivity contribution in [2.24, 2.45) is 5.92 Å². The summed E-state index contributed by atoms with van der Waals surface area (Å²) in [6.07, 6.45) is 1.85. The molecule has 1 atom stereocenters. The Morgan fingerprint density at radius 2 is 1.70 bits per heavy atom. The zero-order valence-electron chi connectivity index (χ0n) is 16.9. The second-order valence-corrected chi connectivity index (χ2v) is 7.06. The van der Waals surface area contributed by atoms with Gasteiger partial charge in [0.15, 0.2) is 11.5 Å². The second kappa shape index (κ2) is 8.81. The van der Waals surface area contributed by atoms with E-state index in [0.717, 1.165) is 24.5 Å². The minimum absolute atomic E-state index is 0.0184. The molecule has 2 amide bonds. The van der Waals surface area contributed by atoms with Gasteiger partial charge in [-0.2, -0.15) is 0 Å². The lowest BCUT2D eigenvalue weighted by atomic mass is 10.1. The summed E-state index contributed by atoms with van der Waals surface area (Å²) in [5, 5.41) is 17.0. The maximum Gasteiger partial charge on any atom is 0.286 e. The maximum absolute atomic E-state index is 12.7. The first-order valence-electron chi connectivity index (χ1n) is 9.46. The number of nitrogens with one attached hydrogen (secondary N) is 2. The van der Waals surface area contributed by atoms with Crippen molar-refractivity contribution in [1.29, 1.82) is 0 Å². The molecule has 1 fully saturated rings. The average molecular weight is 413 g/mol. The molecule has 0 saturated heterocycles. The van der Waals surface area contributed by atoms with Crippen molar-refractivity contribution in [3.05, 3.63) is 57.6 Å². The largest absolute Gasteiger partial charge is 0.493 e. The van der Waals surface area contributed by atoms with Gasteiger partial charge in [0, 0.05) is 17.7 Å². The Balaban J connectivity index is 1.74. The van der Waals surface area contributed by atoms with Crippen molar-refractivity contribution in [2.75, 3.05) is 19.5 Å². The third-order valence-corrected chi connectivity index (χ3v) is 4.92. The van der Waals surface area contributed by atoms with Crippen LogP contribution in [-0.2, 0) is 4.79 Å². The Hall–Kier alpha value is -3.62. The van der Waals surface area contributed by atoms with E-state index in [-0.39, 0.29) is 34.6 Å². The van der Waals surface area contributed by atoms with Crippen LogP contribution in [-0.4, -0.2) is 31.0 Å². The third kappa shape index (κ3) is 4.68. The number of anilines is 1. The minimum Gasteiger partial charge on any atom is -0.493 e. The lowest BCUT2D eigenvalue weighted by Crippen LogP contribution is -2.27. The first-order valence-corrected chi connectivity index (χ1v) is 9.46. The van der Waals surface area contributed by atoms with Crippen molar-refractivity contribution in [3.63, 3.8) is 0 Å². The lowest BCUT2D eigenvalue weighted by Gasteiger charge is -2.16. The number of methoxy groups -OCH3 is 2. The van der Waals surface area contributed by atoms with Gasteiger partial charge in [-0.05, 0) is 37.5 Å². The normalized spacial score (nSPS) is 13.8. The molecule has 158 valence electrons. The van der Waals surface area contributed by atoms with Crippen molar-refractivity contribution in [2.45, 2.75) is 25.8 Å². The van der Waals surface area contributed by atoms with Crippen LogP contribution >= 0.6 is 0 Å². The number of carbonyl (C=O) groups is 2. The van der Waals surface area contributed by atoms with Crippen LogP contribution in [0.15, 0.2) is 36.4 Å². The molecule has 9 heteroatoms. The Morgan fingerprint density at radius 3 is 2.23 bits per heavy atom. The van der Waals surface area contributed by atoms with Gasteiger partial charge in [-0.3, -0.25) is 19.7 Å². The second-order valence-electron chi connectivity index (χ2n) is 7.06. The van der Waals surface area contributed by atoms with E-state index in [1.165, 1.54) is 20.3 Å². The summed E-state index contributed by atoms with van der Waals surface area (Å²) in [5.74, 6) is -0.0967. The molecule has 2 aromatic carbocycles. The van der Waals surface area contributed by atoms with Gasteiger partial charge in [-0.15, -0.1) is 0 Å². The number of nitro groups is 1. The summed E-state index contributed by atoms with van der Waals surface area (Å²) in [7, 11) is 2.75. The fourth-order valence-corrected chi connectivity index (χ4v) is 3.00. The van der Waals surface area contributed by atoms with Crippen molar-refractivity contribution >= 4 is 23.2 Å². The number of hydrogen-bond donors (Lipinski definition) is 2. The summed E-state index contributed by atoms with van der Waals surface area (Å²) in [6, 6.07) is 9.13. The maximum atomic E-state index is 12.7. The van der Waals surface area contributed by atoms with Gasteiger partial charge < -0.3 is 20.1 Å². The zero-order chi connectivity index (χ0) is 21.8. The van der Waals surface area contributed by atoms with E-state index >= 15 is 0 Å². The summed E-state index contributed by atoms with van der Waals surface area (Å²) in [6.45, 7) is 1.77. The summed E-state index contributed by atoms with van der Waals surface area (Å²) >= 11 is 0. The summed E-state index contributed by atoms with van der Waals surface area (Å²) in [5.41, 5.74) is 0.967. The molecular formula is C21H23N3O6. The van der Waals surface area contributed by atoms with Gasteiger partial charge in [0.25, 0.3) is 11.6 Å². The molecule has 1 aliphatic carbocycles. The molecule has 0 aliphatic heterocycles. The van der Waals surface area contributed by atoms with E-state index in [2.05, 4.69) is 10.6 Å². The summed E-state index contributed by atoms with van der Waals surface area (Å²) in [4.78, 5) is 35.4. The molecule has 2 N–H and O–H groups in total. The van der Waals surface area contributed by atoms with Gasteiger partial charge in [-0.25, -0.2) is 0 Å². The van der Waals surface area contributed by atoms with Crippen LogP contribution in [0.1, 0.15) is 41.7 Å². The Morgan fingerprint density at radius 1 is 1.10 bits per heavy atom. The van der Waals surface area contributed by atoms with Gasteiger partial charge in [0.1, 0.15) is 5.56 Å². The first kappa shape index (κ1) is 21.1. The molecule has 0 radical (unpaired) electrons. The molecule has 9 nitrogen and oxygen atoms in total. The molecule has 0 bridgehead atoms. The molecular weight excluding hydrogens is 390 g/mol. The highest BCUT2D eigenvalue weighted by atomic mass is 16.6. The third-order valence-electron chi connectivity index (χ3n) is 4.92. The smallest absolute Gasteiger partial charge is 0.286 e. The van der Waals surface area contributed by atoms with Crippen LogP contribution in [0.5, 0.6) is 11.5 Å². The molecule has 0 heterocycles. The van der Waals surface area contributed by atoms with Crippen LogP contribution in [0, 0.1) is 16.0 Å². The number of hydrogen-bond acceptors (Lipinski definition) is 6. The topological polar surface area (TPSA) is 120 Å². The van der Waals surface area contributed by atoms with Crippen LogP contribution in [0.4, 0.5) is 11.4 Å². The van der Waals surface area contributed by atoms with Crippen molar-refractivity contribution in [3.8, 4) is 11.5 Å². The number of nitro benzene ring substituents is 1. The Labute approximate surface area is 173 Å². The van der Waals surface area contributed by atoms with Crippen LogP contribution in [0.2, 0.25) is 0 Å². The first-order chi connectivity index (χ1) is 14.3. The van der Waals surface area contributed by atoms with Crippen molar-refractivity contribution in [1.82, 2.24) is 5.32 Å². The average Bonchev–Trinajstić information content (AvgIpc) is 3.58. The lowest BCUT2D eigenvalue weighted by molar-refractivity contribution is -0.385. The number of rotatable bonds is 8. The quantitative estimate of drug-likeness (QED) is 0.505. The predicted molar refractivity (Wildman–Crippen MR) is 110 cm³/mol. The number of amides is 2. The van der Waals surface area contributed by atoms with Gasteiger partial charge in [0.2, 0.25) is 5.91 Å². The molecule has 2 aromatic rings. The standard InChI is InChI=1S/C21H23N3O6/c1-12(13-6-8-15(9-7-13)23-20(25)14-4-5-14)22-21(26)16-10-18(29-2)19(30-3)11-17(16)24(27)28/h6-12,14H,4-5H2,1-3H3,(H,22,26)(H,23,25). The molecule has 1 unspecified atom stereocenters. The SMILES string of the molecule is COc1cc(C(=O)NC(C)c2ccc(NC(=O)C3CC3)cc2)c([N+](=O)[O-])cc1OC. The highest BCUT2D eigenvalue weighted by molar-refractivity contribution is 5.99. The number of ether oxygens (including phenoxy) is 2. The monoisotopic (exact) mass is 413 g/mol. The van der Waals surface area contributed by atoms with E-state index in [1.807, 2.05) is 0 Å². The van der Waals surface area contributed by atoms with Gasteiger partial charge >= 0.3 is 0 Å². The Kier molecular flexibility index (Phi) is 6.20. The van der Waals surface area contributed by atoms with E-state index in [1.54, 1.807) is 31.2 Å². The van der Waals surface area contributed by atoms with Crippen LogP contribution < -0.4 is 20.1 Å². The Bertz CT molecular complexity index is 969. The van der Waals surface area contributed by atoms with Crippen LogP contribution in [0.25, 0.3) is 0 Å². The minimum atomic E-state index is -0.640. The molecule has 1 saturated carbocycles. The zero-order valence-corrected chi connectivity index (χ0v) is 16.9. The van der Waals surface area contributed by atoms with E-state index in [9.17, 15) is 19.7 Å². The molecule has 30 heavy (non-hydrogen) atoms. The molecule has 0 spiro atoms. The summed E-state index contributed by atoms with van der Waals surface area (Å²) < 4.78 is 10.2. The fourth-order valence-electron chi connectivity index (χ4n) is 3.00. The highest BCUT2D eigenvalue weighted by Crippen LogP contribution is 2.35. The van der Waals surface area contributed by atoms with E-state index in [0.29, 0.717) is 5.69 Å². The van der Waals surface area contributed by atoms with Gasteiger partial charge in [0.05, 0.1) is 31.3 Å². The molecule has 3 rings (SSSR count). The van der Waals surface area contributed by atoms with Crippen LogP contribution in [0.3, 0.4) is 0 Å². The number of nitrogens with zero attached hydrogens (tertiary/aromatic N) is 1. The highest BCUT2D eigenvalue weighted by Gasteiger charge is 2.29. The fraction of sp³-hybridized carbons (Fsp3) is 0.333. The number of carbonyl (C=O) groups excluding carboxylic acids is 2.